The molecule has 1 aromatic carbocycles. The lowest BCUT2D eigenvalue weighted by molar-refractivity contribution is -0.142. The fraction of sp³-hybridized carbons (Fsp3) is 0.435. The van der Waals surface area contributed by atoms with Gasteiger partial charge in [0.05, 0.1) is 6.04 Å². The summed E-state index contributed by atoms with van der Waals surface area (Å²) < 4.78 is 0. The number of nitrogens with zero attached hydrogens (tertiary/aromatic N) is 1. The van der Waals surface area contributed by atoms with Crippen LogP contribution in [0.15, 0.2) is 35.5 Å². The summed E-state index contributed by atoms with van der Waals surface area (Å²) in [5.41, 5.74) is 17.8. The number of H-pyrrole nitrogens is 1. The van der Waals surface area contributed by atoms with Crippen molar-refractivity contribution in [2.45, 2.75) is 43.4 Å². The average Bonchev–Trinajstić information content (AvgIpc) is 3.30. The van der Waals surface area contributed by atoms with E-state index in [2.05, 4.69) is 51.2 Å². The Morgan fingerprint density at radius 1 is 0.947 bits per heavy atom. The minimum atomic E-state index is -1.25. The molecule has 0 radical (unpaired) electrons. The van der Waals surface area contributed by atoms with Crippen LogP contribution in [0, 0.1) is 0 Å². The second-order valence-electron chi connectivity index (χ2n) is 8.51. The third-order valence-corrected chi connectivity index (χ3v) is 6.40. The summed E-state index contributed by atoms with van der Waals surface area (Å²) in [7, 11) is 0. The Morgan fingerprint density at radius 2 is 1.58 bits per heavy atom. The Hall–Kier alpha value is -3.43. The van der Waals surface area contributed by atoms with Crippen LogP contribution < -0.4 is 33.2 Å². The third-order valence-electron chi connectivity index (χ3n) is 5.64. The van der Waals surface area contributed by atoms with Crippen molar-refractivity contribution in [2.24, 2.45) is 22.2 Å². The van der Waals surface area contributed by atoms with Crippen molar-refractivity contribution in [3.63, 3.8) is 0 Å². The predicted octanol–water partition coefficient (Wildman–Crippen LogP) is -1.51. The number of aromatic nitrogens is 1. The highest BCUT2D eigenvalue weighted by atomic mass is 32.1. The molecule has 0 aliphatic rings. The summed E-state index contributed by atoms with van der Waals surface area (Å²) in [5.74, 6) is -3.36. The molecule has 13 nitrogen and oxygen atoms in total. The molecule has 1 aromatic heterocycles. The van der Waals surface area contributed by atoms with E-state index in [1.54, 1.807) is 6.20 Å². The highest BCUT2D eigenvalue weighted by Crippen LogP contribution is 2.19. The monoisotopic (exact) mass is 566 g/mol. The van der Waals surface area contributed by atoms with Gasteiger partial charge in [0.2, 0.25) is 17.7 Å². The van der Waals surface area contributed by atoms with E-state index >= 15 is 0 Å². The molecule has 0 fully saturated rings. The molecule has 0 spiro atoms. The SMILES string of the molecule is NC(N)=NCCCC(NC(=O)C(Cc1c[nH]c2ccccc12)NC(=O)C(CS)NC(=O)C(N)CS)C(=O)O. The largest absolute Gasteiger partial charge is 0.480 e. The van der Waals surface area contributed by atoms with Crippen molar-refractivity contribution in [2.75, 3.05) is 18.1 Å². The zero-order chi connectivity index (χ0) is 28.2. The number of guanidine groups is 1. The molecule has 15 heteroatoms. The lowest BCUT2D eigenvalue weighted by Gasteiger charge is -2.24. The van der Waals surface area contributed by atoms with Crippen LogP contribution in [-0.2, 0) is 25.6 Å². The van der Waals surface area contributed by atoms with Gasteiger partial charge < -0.3 is 43.2 Å². The number of carbonyl (C=O) groups excluding carboxylic acids is 3. The minimum Gasteiger partial charge on any atom is -0.480 e. The molecule has 4 unspecified atom stereocenters. The molecule has 208 valence electrons. The highest BCUT2D eigenvalue weighted by Gasteiger charge is 2.30. The van der Waals surface area contributed by atoms with Crippen LogP contribution in [0.5, 0.6) is 0 Å². The van der Waals surface area contributed by atoms with Crippen LogP contribution in [0.3, 0.4) is 0 Å². The van der Waals surface area contributed by atoms with E-state index in [0.717, 1.165) is 16.5 Å². The molecule has 4 atom stereocenters. The summed E-state index contributed by atoms with van der Waals surface area (Å²) >= 11 is 8.12. The number of benzene rings is 1. The first kappa shape index (κ1) is 30.8. The van der Waals surface area contributed by atoms with E-state index in [0.29, 0.717) is 6.42 Å². The van der Waals surface area contributed by atoms with Gasteiger partial charge in [-0.05, 0) is 24.5 Å². The van der Waals surface area contributed by atoms with Gasteiger partial charge in [-0.15, -0.1) is 0 Å². The molecular formula is C23H34N8O5S2. The fourth-order valence-corrected chi connectivity index (χ4v) is 4.01. The first-order valence-electron chi connectivity index (χ1n) is 11.8. The van der Waals surface area contributed by atoms with Gasteiger partial charge in [-0.25, -0.2) is 4.79 Å². The summed E-state index contributed by atoms with van der Waals surface area (Å²) in [4.78, 5) is 57.2. The van der Waals surface area contributed by atoms with Crippen LogP contribution >= 0.6 is 25.3 Å². The summed E-state index contributed by atoms with van der Waals surface area (Å²) in [6, 6.07) is 2.97. The second kappa shape index (κ2) is 15.1. The Labute approximate surface area is 230 Å². The summed E-state index contributed by atoms with van der Waals surface area (Å²) in [5, 5.41) is 18.1. The van der Waals surface area contributed by atoms with E-state index in [9.17, 15) is 24.3 Å². The first-order chi connectivity index (χ1) is 18.1. The standard InChI is InChI=1S/C23H34N8O5S2/c24-14(10-37)19(32)31-18(11-38)21(34)30-17(8-12-9-28-15-5-2-1-4-13(12)15)20(33)29-16(22(35)36)6-3-7-27-23(25)26/h1-2,4-5,9,14,16-18,28,37-38H,3,6-8,10-11,24H2,(H,29,33)(H,30,34)(H,31,32)(H,35,36)(H4,25,26,27). The van der Waals surface area contributed by atoms with Crippen LogP contribution in [0.25, 0.3) is 10.9 Å². The molecule has 3 amide bonds. The van der Waals surface area contributed by atoms with Gasteiger partial charge >= 0.3 is 5.97 Å². The molecule has 38 heavy (non-hydrogen) atoms. The molecule has 0 saturated heterocycles. The molecular weight excluding hydrogens is 532 g/mol. The number of aliphatic imine (C=N–C) groups is 1. The molecule has 0 aliphatic carbocycles. The highest BCUT2D eigenvalue weighted by molar-refractivity contribution is 7.80. The van der Waals surface area contributed by atoms with E-state index in [1.807, 2.05) is 24.3 Å². The van der Waals surface area contributed by atoms with Gasteiger partial charge in [-0.1, -0.05) is 18.2 Å². The lowest BCUT2D eigenvalue weighted by atomic mass is 10.0. The minimum absolute atomic E-state index is 0.0469. The van der Waals surface area contributed by atoms with Crippen molar-refractivity contribution in [1.29, 1.82) is 0 Å². The first-order valence-corrected chi connectivity index (χ1v) is 13.0. The second-order valence-corrected chi connectivity index (χ2v) is 9.24. The molecule has 0 saturated carbocycles. The number of carbonyl (C=O) groups is 4. The van der Waals surface area contributed by atoms with E-state index in [1.165, 1.54) is 0 Å². The third kappa shape index (κ3) is 9.15. The number of nitrogens with two attached hydrogens (primary N) is 3. The molecule has 1 heterocycles. The number of thiol groups is 2. The quantitative estimate of drug-likeness (QED) is 0.0526. The Kier molecular flexibility index (Phi) is 12.2. The Balaban J connectivity index is 2.24. The number of rotatable bonds is 15. The number of aromatic amines is 1. The maximum Gasteiger partial charge on any atom is 0.326 e. The van der Waals surface area contributed by atoms with Crippen LogP contribution in [0.1, 0.15) is 18.4 Å². The number of para-hydroxylation sites is 1. The van der Waals surface area contributed by atoms with Crippen molar-refractivity contribution >= 4 is 65.8 Å². The molecule has 2 aromatic rings. The van der Waals surface area contributed by atoms with Crippen molar-refractivity contribution in [1.82, 2.24) is 20.9 Å². The van der Waals surface area contributed by atoms with Gasteiger partial charge in [0.15, 0.2) is 5.96 Å². The fourth-order valence-electron chi connectivity index (χ4n) is 3.59. The average molecular weight is 567 g/mol. The van der Waals surface area contributed by atoms with Crippen LogP contribution in [0.4, 0.5) is 0 Å². The molecule has 0 bridgehead atoms. The van der Waals surface area contributed by atoms with Crippen LogP contribution in [0.2, 0.25) is 0 Å². The van der Waals surface area contributed by atoms with Gasteiger partial charge in [0.25, 0.3) is 0 Å². The number of carboxylic acids is 1. The van der Waals surface area contributed by atoms with Crippen LogP contribution in [-0.4, -0.2) is 82.0 Å². The maximum absolute atomic E-state index is 13.3. The van der Waals surface area contributed by atoms with Gasteiger partial charge in [0, 0.05) is 41.6 Å². The molecule has 11 N–H and O–H groups in total. The summed E-state index contributed by atoms with van der Waals surface area (Å²) in [6.07, 6.45) is 2.12. The number of fused-ring (bicyclic) bond motifs is 1. The predicted molar refractivity (Wildman–Crippen MR) is 151 cm³/mol. The van der Waals surface area contributed by atoms with Crippen molar-refractivity contribution < 1.29 is 24.3 Å². The number of carboxylic acid groups (broad SMARTS) is 1. The Bertz CT molecular complexity index is 1150. The van der Waals surface area contributed by atoms with Gasteiger partial charge in [0.1, 0.15) is 18.1 Å². The van der Waals surface area contributed by atoms with E-state index in [4.69, 9.17) is 17.2 Å². The maximum atomic E-state index is 13.3. The van der Waals surface area contributed by atoms with E-state index < -0.39 is 47.9 Å². The van der Waals surface area contributed by atoms with Crippen molar-refractivity contribution in [3.8, 4) is 0 Å². The number of amides is 3. The zero-order valence-corrected chi connectivity index (χ0v) is 22.4. The number of nitrogens with one attached hydrogen (secondary N) is 4. The molecule has 2 rings (SSSR count). The van der Waals surface area contributed by atoms with Crippen molar-refractivity contribution in [3.05, 3.63) is 36.0 Å². The number of aliphatic carboxylic acids is 1. The van der Waals surface area contributed by atoms with E-state index in [-0.39, 0.29) is 36.9 Å². The normalized spacial score (nSPS) is 14.1. The number of hydrogen-bond acceptors (Lipinski definition) is 8. The zero-order valence-electron chi connectivity index (χ0n) is 20.6. The summed E-state index contributed by atoms with van der Waals surface area (Å²) in [6.45, 7) is 0.190. The van der Waals surface area contributed by atoms with Gasteiger partial charge in [-0.2, -0.15) is 25.3 Å². The molecule has 0 aliphatic heterocycles. The Morgan fingerprint density at radius 3 is 2.21 bits per heavy atom. The lowest BCUT2D eigenvalue weighted by Crippen LogP contribution is -2.58. The smallest absolute Gasteiger partial charge is 0.326 e. The van der Waals surface area contributed by atoms with Gasteiger partial charge in [-0.3, -0.25) is 19.4 Å². The topological polar surface area (TPSA) is 231 Å². The number of hydrogen-bond donors (Lipinski definition) is 10.